The summed E-state index contributed by atoms with van der Waals surface area (Å²) in [6, 6.07) is 5.13. The average molecular weight is 355 g/mol. The van der Waals surface area contributed by atoms with Crippen molar-refractivity contribution in [3.8, 4) is 0 Å². The summed E-state index contributed by atoms with van der Waals surface area (Å²) >= 11 is 3.40. The minimum atomic E-state index is -0.820. The Morgan fingerprint density at radius 2 is 2.00 bits per heavy atom. The molecule has 0 bridgehead atoms. The molecule has 6 heteroatoms. The predicted octanol–water partition coefficient (Wildman–Crippen LogP) is 3.52. The smallest absolute Gasteiger partial charge is 0.319 e. The van der Waals surface area contributed by atoms with Crippen LogP contribution >= 0.6 is 15.9 Å². The summed E-state index contributed by atoms with van der Waals surface area (Å²) in [5, 5.41) is 14.8. The van der Waals surface area contributed by atoms with Gasteiger partial charge in [-0.2, -0.15) is 0 Å². The molecule has 5 nitrogen and oxygen atoms in total. The highest BCUT2D eigenvalue weighted by Gasteiger charge is 2.41. The first-order valence-corrected chi connectivity index (χ1v) is 7.77. The van der Waals surface area contributed by atoms with E-state index in [0.29, 0.717) is 18.5 Å². The van der Waals surface area contributed by atoms with Gasteiger partial charge in [0.15, 0.2) is 0 Å². The normalized spacial score (nSPS) is 16.5. The molecule has 0 spiro atoms. The van der Waals surface area contributed by atoms with Gasteiger partial charge in [-0.3, -0.25) is 4.79 Å². The summed E-state index contributed by atoms with van der Waals surface area (Å²) < 4.78 is 0.976. The molecule has 1 fully saturated rings. The van der Waals surface area contributed by atoms with Gasteiger partial charge in [-0.15, -0.1) is 0 Å². The number of carbonyl (C=O) groups is 2. The van der Waals surface area contributed by atoms with Crippen LogP contribution in [0.2, 0.25) is 0 Å². The van der Waals surface area contributed by atoms with Crippen LogP contribution in [-0.2, 0) is 4.79 Å². The second-order valence-electron chi connectivity index (χ2n) is 5.56. The number of carboxylic acid groups (broad SMARTS) is 1. The lowest BCUT2D eigenvalue weighted by Gasteiger charge is -2.24. The molecule has 0 aliphatic heterocycles. The van der Waals surface area contributed by atoms with Gasteiger partial charge < -0.3 is 15.7 Å². The minimum Gasteiger partial charge on any atom is -0.481 e. The molecule has 0 unspecified atom stereocenters. The van der Waals surface area contributed by atoms with E-state index in [1.807, 2.05) is 19.1 Å². The summed E-state index contributed by atoms with van der Waals surface area (Å²) in [6.07, 6.45) is 3.06. The van der Waals surface area contributed by atoms with Crippen LogP contribution in [0.15, 0.2) is 22.7 Å². The van der Waals surface area contributed by atoms with E-state index in [0.717, 1.165) is 22.9 Å². The van der Waals surface area contributed by atoms with Gasteiger partial charge in [0.1, 0.15) is 0 Å². The minimum absolute atomic E-state index is 0.170. The van der Waals surface area contributed by atoms with Gasteiger partial charge in [-0.25, -0.2) is 4.79 Å². The largest absolute Gasteiger partial charge is 0.481 e. The summed E-state index contributed by atoms with van der Waals surface area (Å²) in [7, 11) is 0. The molecule has 0 atom stereocenters. The molecule has 0 saturated heterocycles. The third-order valence-corrected chi connectivity index (χ3v) is 4.91. The quantitative estimate of drug-likeness (QED) is 0.773. The average Bonchev–Trinajstić information content (AvgIpc) is 2.91. The monoisotopic (exact) mass is 354 g/mol. The van der Waals surface area contributed by atoms with Crippen LogP contribution in [0.25, 0.3) is 0 Å². The van der Waals surface area contributed by atoms with Crippen molar-refractivity contribution in [1.29, 1.82) is 0 Å². The van der Waals surface area contributed by atoms with Crippen LogP contribution in [0.3, 0.4) is 0 Å². The Balaban J connectivity index is 1.92. The summed E-state index contributed by atoms with van der Waals surface area (Å²) in [5.41, 5.74) is 0.905. The van der Waals surface area contributed by atoms with Crippen LogP contribution in [0.5, 0.6) is 0 Å². The number of carbonyl (C=O) groups excluding carboxylic acids is 1. The van der Waals surface area contributed by atoms with Gasteiger partial charge in [0, 0.05) is 16.7 Å². The first-order chi connectivity index (χ1) is 9.93. The Labute approximate surface area is 132 Å². The summed E-state index contributed by atoms with van der Waals surface area (Å²) in [6.45, 7) is 2.11. The van der Waals surface area contributed by atoms with Gasteiger partial charge in [-0.05, 0) is 43.5 Å². The number of aryl methyl sites for hydroxylation is 1. The number of aliphatic carboxylic acids is 1. The van der Waals surface area contributed by atoms with E-state index < -0.39 is 11.4 Å². The zero-order chi connectivity index (χ0) is 15.5. The number of benzene rings is 1. The molecule has 0 radical (unpaired) electrons. The van der Waals surface area contributed by atoms with Crippen molar-refractivity contribution in [2.75, 3.05) is 11.9 Å². The van der Waals surface area contributed by atoms with E-state index in [2.05, 4.69) is 26.6 Å². The zero-order valence-corrected chi connectivity index (χ0v) is 13.5. The van der Waals surface area contributed by atoms with Gasteiger partial charge in [-0.1, -0.05) is 28.8 Å². The lowest BCUT2D eigenvalue weighted by Crippen LogP contribution is -2.42. The zero-order valence-electron chi connectivity index (χ0n) is 11.9. The van der Waals surface area contributed by atoms with Crippen LogP contribution in [-0.4, -0.2) is 23.7 Å². The number of amides is 2. The molecule has 1 aromatic carbocycles. The first kappa shape index (κ1) is 15.8. The molecule has 0 aromatic heterocycles. The highest BCUT2D eigenvalue weighted by molar-refractivity contribution is 9.10. The number of hydrogen-bond donors (Lipinski definition) is 3. The van der Waals surface area contributed by atoms with E-state index in [4.69, 9.17) is 0 Å². The fourth-order valence-electron chi connectivity index (χ4n) is 2.67. The summed E-state index contributed by atoms with van der Waals surface area (Å²) in [4.78, 5) is 23.3. The van der Waals surface area contributed by atoms with E-state index >= 15 is 0 Å². The molecular formula is C15H19BrN2O3. The molecular weight excluding hydrogens is 336 g/mol. The van der Waals surface area contributed by atoms with Crippen molar-refractivity contribution in [3.05, 3.63) is 28.2 Å². The molecule has 2 amide bonds. The number of hydrogen-bond acceptors (Lipinski definition) is 2. The molecule has 1 saturated carbocycles. The maximum Gasteiger partial charge on any atom is 0.319 e. The second-order valence-corrected chi connectivity index (χ2v) is 6.42. The standard InChI is InChI=1S/C15H19BrN2O3/c1-10-8-11(4-5-12(10)16)18-14(21)17-9-15(13(19)20)6-2-3-7-15/h4-5,8H,2-3,6-7,9H2,1H3,(H,19,20)(H2,17,18,21). The van der Waals surface area contributed by atoms with Crippen molar-refractivity contribution in [3.63, 3.8) is 0 Å². The Morgan fingerprint density at radius 1 is 1.33 bits per heavy atom. The Bertz CT molecular complexity index is 554. The first-order valence-electron chi connectivity index (χ1n) is 6.97. The van der Waals surface area contributed by atoms with E-state index in [1.165, 1.54) is 0 Å². The lowest BCUT2D eigenvalue weighted by atomic mass is 9.86. The van der Waals surface area contributed by atoms with Gasteiger partial charge >= 0.3 is 12.0 Å². The molecule has 2 rings (SSSR count). The SMILES string of the molecule is Cc1cc(NC(=O)NCC2(C(=O)O)CCCC2)ccc1Br. The van der Waals surface area contributed by atoms with Crippen molar-refractivity contribution < 1.29 is 14.7 Å². The Kier molecular flexibility index (Phi) is 4.88. The molecule has 0 heterocycles. The van der Waals surface area contributed by atoms with Gasteiger partial charge in [0.2, 0.25) is 0 Å². The van der Waals surface area contributed by atoms with E-state index in [-0.39, 0.29) is 12.6 Å². The molecule has 3 N–H and O–H groups in total. The van der Waals surface area contributed by atoms with Crippen molar-refractivity contribution in [2.45, 2.75) is 32.6 Å². The maximum atomic E-state index is 11.9. The maximum absolute atomic E-state index is 11.9. The number of rotatable bonds is 4. The van der Waals surface area contributed by atoms with E-state index in [1.54, 1.807) is 6.07 Å². The van der Waals surface area contributed by atoms with Crippen LogP contribution in [0.4, 0.5) is 10.5 Å². The fourth-order valence-corrected chi connectivity index (χ4v) is 2.91. The third-order valence-electron chi connectivity index (χ3n) is 4.02. The Morgan fingerprint density at radius 3 is 2.57 bits per heavy atom. The number of halogens is 1. The number of nitrogens with one attached hydrogen (secondary N) is 2. The van der Waals surface area contributed by atoms with Gasteiger partial charge in [0.05, 0.1) is 5.41 Å². The molecule has 1 aliphatic rings. The molecule has 114 valence electrons. The van der Waals surface area contributed by atoms with Crippen molar-refractivity contribution in [2.24, 2.45) is 5.41 Å². The predicted molar refractivity (Wildman–Crippen MR) is 84.4 cm³/mol. The highest BCUT2D eigenvalue weighted by Crippen LogP contribution is 2.37. The fraction of sp³-hybridized carbons (Fsp3) is 0.467. The molecule has 1 aromatic rings. The van der Waals surface area contributed by atoms with E-state index in [9.17, 15) is 14.7 Å². The Hall–Kier alpha value is -1.56. The van der Waals surface area contributed by atoms with Crippen LogP contribution < -0.4 is 10.6 Å². The van der Waals surface area contributed by atoms with Crippen molar-refractivity contribution in [1.82, 2.24) is 5.32 Å². The van der Waals surface area contributed by atoms with Crippen molar-refractivity contribution >= 4 is 33.6 Å². The molecule has 1 aliphatic carbocycles. The highest BCUT2D eigenvalue weighted by atomic mass is 79.9. The van der Waals surface area contributed by atoms with Crippen LogP contribution in [0, 0.1) is 12.3 Å². The third kappa shape index (κ3) is 3.75. The number of urea groups is 1. The lowest BCUT2D eigenvalue weighted by molar-refractivity contribution is -0.148. The second kappa shape index (κ2) is 6.47. The number of anilines is 1. The topological polar surface area (TPSA) is 78.4 Å². The number of carboxylic acids is 1. The van der Waals surface area contributed by atoms with Crippen LogP contribution in [0.1, 0.15) is 31.2 Å². The summed E-state index contributed by atoms with van der Waals surface area (Å²) in [5.74, 6) is -0.820. The molecule has 21 heavy (non-hydrogen) atoms. The van der Waals surface area contributed by atoms with Gasteiger partial charge in [0.25, 0.3) is 0 Å².